The van der Waals surface area contributed by atoms with Crippen LogP contribution in [0, 0.1) is 0 Å². The van der Waals surface area contributed by atoms with Crippen LogP contribution in [0.25, 0.3) is 0 Å². The molecule has 1 aromatic carbocycles. The first-order valence-electron chi connectivity index (χ1n) is 9.38. The molecule has 29 heavy (non-hydrogen) atoms. The minimum Gasteiger partial charge on any atom is -0.459 e. The molecule has 0 radical (unpaired) electrons. The lowest BCUT2D eigenvalue weighted by Crippen LogP contribution is -2.53. The summed E-state index contributed by atoms with van der Waals surface area (Å²) in [6.07, 6.45) is 0.730. The minimum absolute atomic E-state index is 0. The molecule has 1 aromatic heterocycles. The fourth-order valence-corrected chi connectivity index (χ4v) is 3.38. The van der Waals surface area contributed by atoms with Gasteiger partial charge in [0.25, 0.3) is 5.91 Å². The average molecular weight is 533 g/mol. The Morgan fingerprint density at radius 2 is 1.90 bits per heavy atom. The van der Waals surface area contributed by atoms with Crippen molar-refractivity contribution in [1.82, 2.24) is 15.1 Å². The van der Waals surface area contributed by atoms with E-state index in [0.29, 0.717) is 49.1 Å². The van der Waals surface area contributed by atoms with E-state index in [4.69, 9.17) is 16.0 Å². The van der Waals surface area contributed by atoms with Crippen LogP contribution in [0.5, 0.6) is 0 Å². The molecule has 0 aliphatic carbocycles. The number of piperazine rings is 1. The first kappa shape index (κ1) is 23.5. The molecule has 0 saturated carbocycles. The lowest BCUT2D eigenvalue weighted by Gasteiger charge is -2.36. The second kappa shape index (κ2) is 11.4. The number of hydrogen-bond donors (Lipinski definition) is 2. The molecule has 3 rings (SSSR count). The molecule has 158 valence electrons. The van der Waals surface area contributed by atoms with E-state index >= 15 is 0 Å². The largest absolute Gasteiger partial charge is 0.459 e. The number of carbonyl (C=O) groups excluding carboxylic acids is 1. The second-order valence-electron chi connectivity index (χ2n) is 6.49. The summed E-state index contributed by atoms with van der Waals surface area (Å²) in [6, 6.07) is 10.6. The van der Waals surface area contributed by atoms with Gasteiger partial charge in [-0.2, -0.15) is 0 Å². The zero-order valence-electron chi connectivity index (χ0n) is 16.3. The number of nitrogens with zero attached hydrogens (tertiary/aromatic N) is 3. The van der Waals surface area contributed by atoms with Crippen LogP contribution < -0.4 is 5.32 Å². The molecule has 1 atom stereocenters. The van der Waals surface area contributed by atoms with Crippen LogP contribution in [0.2, 0.25) is 5.02 Å². The summed E-state index contributed by atoms with van der Waals surface area (Å²) in [4.78, 5) is 20.8. The van der Waals surface area contributed by atoms with E-state index < -0.39 is 6.10 Å². The van der Waals surface area contributed by atoms with Crippen molar-refractivity contribution in [2.75, 3.05) is 39.3 Å². The summed E-state index contributed by atoms with van der Waals surface area (Å²) in [5.74, 6) is 0.983. The van der Waals surface area contributed by atoms with Crippen molar-refractivity contribution in [3.05, 3.63) is 59.0 Å². The summed E-state index contributed by atoms with van der Waals surface area (Å²) < 4.78 is 5.20. The van der Waals surface area contributed by atoms with Crippen LogP contribution in [-0.2, 0) is 0 Å². The number of aliphatic imine (C=N–C) groups is 1. The maximum atomic E-state index is 12.4. The summed E-state index contributed by atoms with van der Waals surface area (Å²) >= 11 is 6.15. The number of aliphatic hydroxyl groups is 1. The molecule has 1 aliphatic rings. The second-order valence-corrected chi connectivity index (χ2v) is 6.90. The van der Waals surface area contributed by atoms with Crippen LogP contribution in [0.15, 0.2) is 52.1 Å². The first-order valence-corrected chi connectivity index (χ1v) is 9.76. The van der Waals surface area contributed by atoms with Gasteiger partial charge in [-0.05, 0) is 25.1 Å². The zero-order chi connectivity index (χ0) is 19.9. The SMILES string of the molecule is CCNC(=NCC(O)c1ccccc1Cl)N1CCN(C(=O)c2ccco2)CC1.I. The number of aliphatic hydroxyl groups excluding tert-OH is 1. The number of guanidine groups is 1. The predicted molar refractivity (Wildman–Crippen MR) is 124 cm³/mol. The highest BCUT2D eigenvalue weighted by molar-refractivity contribution is 14.0. The van der Waals surface area contributed by atoms with Gasteiger partial charge in [-0.25, -0.2) is 0 Å². The quantitative estimate of drug-likeness (QED) is 0.352. The highest BCUT2D eigenvalue weighted by Gasteiger charge is 2.25. The molecule has 9 heteroatoms. The maximum Gasteiger partial charge on any atom is 0.289 e. The lowest BCUT2D eigenvalue weighted by molar-refractivity contribution is 0.0657. The van der Waals surface area contributed by atoms with Crippen molar-refractivity contribution in [3.63, 3.8) is 0 Å². The molecule has 1 aliphatic heterocycles. The molecular formula is C20H26ClIN4O3. The van der Waals surface area contributed by atoms with Crippen molar-refractivity contribution < 1.29 is 14.3 Å². The van der Waals surface area contributed by atoms with Crippen LogP contribution in [0.1, 0.15) is 29.1 Å². The van der Waals surface area contributed by atoms with E-state index in [0.717, 1.165) is 5.96 Å². The summed E-state index contributed by atoms with van der Waals surface area (Å²) in [5, 5.41) is 14.2. The number of halogens is 2. The number of amides is 1. The van der Waals surface area contributed by atoms with Crippen molar-refractivity contribution in [3.8, 4) is 0 Å². The first-order chi connectivity index (χ1) is 13.6. The zero-order valence-corrected chi connectivity index (χ0v) is 19.3. The third-order valence-corrected chi connectivity index (χ3v) is 4.96. The number of carbonyl (C=O) groups is 1. The van der Waals surface area contributed by atoms with E-state index in [1.807, 2.05) is 19.1 Å². The van der Waals surface area contributed by atoms with E-state index in [1.165, 1.54) is 6.26 Å². The number of hydrogen-bond acceptors (Lipinski definition) is 4. The van der Waals surface area contributed by atoms with E-state index in [1.54, 1.807) is 29.2 Å². The predicted octanol–water partition coefficient (Wildman–Crippen LogP) is 3.01. The van der Waals surface area contributed by atoms with Gasteiger partial charge in [-0.1, -0.05) is 29.8 Å². The molecule has 0 spiro atoms. The van der Waals surface area contributed by atoms with Crippen LogP contribution in [-0.4, -0.2) is 66.0 Å². The standard InChI is InChI=1S/C20H25ClN4O3.HI/c1-2-22-20(23-14-17(26)15-6-3-4-7-16(15)21)25-11-9-24(10-12-25)19(27)18-8-5-13-28-18;/h3-8,13,17,26H,2,9-12,14H2,1H3,(H,22,23);1H. The fourth-order valence-electron chi connectivity index (χ4n) is 3.12. The van der Waals surface area contributed by atoms with Crippen molar-refractivity contribution >= 4 is 47.4 Å². The van der Waals surface area contributed by atoms with Gasteiger partial charge in [0.1, 0.15) is 6.10 Å². The Hall–Kier alpha value is -1.78. The van der Waals surface area contributed by atoms with E-state index in [9.17, 15) is 9.90 Å². The third-order valence-electron chi connectivity index (χ3n) is 4.61. The maximum absolute atomic E-state index is 12.4. The molecule has 2 aromatic rings. The molecule has 1 amide bonds. The van der Waals surface area contributed by atoms with E-state index in [2.05, 4.69) is 15.2 Å². The third kappa shape index (κ3) is 6.10. The van der Waals surface area contributed by atoms with Gasteiger partial charge >= 0.3 is 0 Å². The molecule has 1 unspecified atom stereocenters. The summed E-state index contributed by atoms with van der Waals surface area (Å²) in [6.45, 7) is 5.38. The minimum atomic E-state index is -0.774. The summed E-state index contributed by atoms with van der Waals surface area (Å²) in [5.41, 5.74) is 0.664. The Morgan fingerprint density at radius 1 is 1.21 bits per heavy atom. The van der Waals surface area contributed by atoms with Gasteiger partial charge in [0, 0.05) is 43.3 Å². The Balaban J connectivity index is 0.00000300. The topological polar surface area (TPSA) is 81.3 Å². The van der Waals surface area contributed by atoms with Gasteiger partial charge in [-0.3, -0.25) is 9.79 Å². The molecule has 2 N–H and O–H groups in total. The Bertz CT molecular complexity index is 808. The van der Waals surface area contributed by atoms with Gasteiger partial charge in [0.15, 0.2) is 11.7 Å². The Kier molecular flexibility index (Phi) is 9.25. The number of nitrogens with one attached hydrogen (secondary N) is 1. The van der Waals surface area contributed by atoms with Crippen molar-refractivity contribution in [2.45, 2.75) is 13.0 Å². The average Bonchev–Trinajstić information content (AvgIpc) is 3.26. The highest BCUT2D eigenvalue weighted by Crippen LogP contribution is 2.22. The molecule has 0 bridgehead atoms. The van der Waals surface area contributed by atoms with Gasteiger partial charge in [-0.15, -0.1) is 24.0 Å². The van der Waals surface area contributed by atoms with Crippen LogP contribution in [0.3, 0.4) is 0 Å². The number of benzene rings is 1. The Morgan fingerprint density at radius 3 is 2.52 bits per heavy atom. The smallest absolute Gasteiger partial charge is 0.289 e. The van der Waals surface area contributed by atoms with Crippen LogP contribution in [0.4, 0.5) is 0 Å². The van der Waals surface area contributed by atoms with Gasteiger partial charge < -0.3 is 24.6 Å². The normalized spacial score (nSPS) is 15.6. The Labute approximate surface area is 192 Å². The van der Waals surface area contributed by atoms with Crippen molar-refractivity contribution in [1.29, 1.82) is 0 Å². The molecule has 2 heterocycles. The highest BCUT2D eigenvalue weighted by atomic mass is 127. The number of rotatable bonds is 5. The number of furan rings is 1. The monoisotopic (exact) mass is 532 g/mol. The summed E-state index contributed by atoms with van der Waals surface area (Å²) in [7, 11) is 0. The molecular weight excluding hydrogens is 507 g/mol. The fraction of sp³-hybridized carbons (Fsp3) is 0.400. The molecule has 1 fully saturated rings. The van der Waals surface area contributed by atoms with E-state index in [-0.39, 0.29) is 36.4 Å². The van der Waals surface area contributed by atoms with Crippen LogP contribution >= 0.6 is 35.6 Å². The molecule has 7 nitrogen and oxygen atoms in total. The van der Waals surface area contributed by atoms with Gasteiger partial charge in [0.2, 0.25) is 0 Å². The molecule has 1 saturated heterocycles. The van der Waals surface area contributed by atoms with Gasteiger partial charge in [0.05, 0.1) is 12.8 Å². The van der Waals surface area contributed by atoms with Crippen molar-refractivity contribution in [2.24, 2.45) is 4.99 Å². The lowest BCUT2D eigenvalue weighted by atomic mass is 10.1.